The molecule has 1 saturated heterocycles. The smallest absolute Gasteiger partial charge is 0.321 e. The van der Waals surface area contributed by atoms with Crippen LogP contribution in [0.1, 0.15) is 19.8 Å². The molecule has 0 bridgehead atoms. The van der Waals surface area contributed by atoms with Crippen molar-refractivity contribution in [2.45, 2.75) is 25.8 Å². The minimum absolute atomic E-state index is 0.0464. The molecule has 0 aliphatic carbocycles. The zero-order valence-corrected chi connectivity index (χ0v) is 13.5. The number of urea groups is 1. The van der Waals surface area contributed by atoms with Crippen molar-refractivity contribution in [1.29, 1.82) is 0 Å². The zero-order valence-electron chi connectivity index (χ0n) is 11.4. The second-order valence-electron chi connectivity index (χ2n) is 4.93. The van der Waals surface area contributed by atoms with E-state index in [9.17, 15) is 9.59 Å². The Morgan fingerprint density at radius 2 is 2.20 bits per heavy atom. The number of nitrogens with one attached hydrogen (secondary N) is 2. The van der Waals surface area contributed by atoms with Gasteiger partial charge in [-0.05, 0) is 53.6 Å². The molecule has 1 aliphatic heterocycles. The maximum atomic E-state index is 12.2. The van der Waals surface area contributed by atoms with Crippen molar-refractivity contribution in [3.05, 3.63) is 27.8 Å². The van der Waals surface area contributed by atoms with Crippen LogP contribution in [0.5, 0.6) is 0 Å². The number of carbonyl (C=O) groups is 2. The number of amides is 3. The molecule has 108 valence electrons. The number of hydrogen-bond acceptors (Lipinski definition) is 2. The highest BCUT2D eigenvalue weighted by molar-refractivity contribution is 14.1. The molecule has 1 aromatic carbocycles. The molecule has 1 heterocycles. The van der Waals surface area contributed by atoms with Crippen LogP contribution in [0.15, 0.2) is 24.3 Å². The van der Waals surface area contributed by atoms with Crippen LogP contribution in [0, 0.1) is 3.57 Å². The Hall–Kier alpha value is -1.31. The molecule has 3 amide bonds. The van der Waals surface area contributed by atoms with Gasteiger partial charge in [0.25, 0.3) is 0 Å². The lowest BCUT2D eigenvalue weighted by molar-refractivity contribution is -0.119. The summed E-state index contributed by atoms with van der Waals surface area (Å²) in [5.74, 6) is -0.0464. The standard InChI is InChI=1S/C14H18IN3O2/c1-10(19)16-13-6-3-7-18(9-13)14(20)17-12-5-2-4-11(15)8-12/h2,4-5,8,13H,3,6-7,9H2,1H3,(H,16,19)(H,17,20). The lowest BCUT2D eigenvalue weighted by Gasteiger charge is -2.33. The molecule has 1 unspecified atom stereocenters. The molecule has 0 aromatic heterocycles. The number of anilines is 1. The van der Waals surface area contributed by atoms with Gasteiger partial charge >= 0.3 is 6.03 Å². The molecular formula is C14H18IN3O2. The third-order valence-corrected chi connectivity index (χ3v) is 3.86. The van der Waals surface area contributed by atoms with Gasteiger partial charge in [-0.1, -0.05) is 6.07 Å². The van der Waals surface area contributed by atoms with E-state index in [1.54, 1.807) is 4.90 Å². The summed E-state index contributed by atoms with van der Waals surface area (Å²) in [6.45, 7) is 2.80. The van der Waals surface area contributed by atoms with Crippen LogP contribution in [-0.2, 0) is 4.79 Å². The Bertz CT molecular complexity index is 507. The second kappa shape index (κ2) is 6.92. The number of halogens is 1. The van der Waals surface area contributed by atoms with Crippen molar-refractivity contribution >= 4 is 40.2 Å². The molecule has 1 aliphatic rings. The molecule has 2 rings (SSSR count). The molecule has 0 spiro atoms. The summed E-state index contributed by atoms with van der Waals surface area (Å²) in [4.78, 5) is 25.0. The SMILES string of the molecule is CC(=O)NC1CCCN(C(=O)Nc2cccc(I)c2)C1. The van der Waals surface area contributed by atoms with Gasteiger partial charge in [0.05, 0.1) is 0 Å². The van der Waals surface area contributed by atoms with Crippen molar-refractivity contribution in [3.8, 4) is 0 Å². The highest BCUT2D eigenvalue weighted by Gasteiger charge is 2.24. The van der Waals surface area contributed by atoms with Gasteiger partial charge in [0.2, 0.25) is 5.91 Å². The van der Waals surface area contributed by atoms with Crippen LogP contribution in [0.4, 0.5) is 10.5 Å². The van der Waals surface area contributed by atoms with E-state index in [4.69, 9.17) is 0 Å². The fraction of sp³-hybridized carbons (Fsp3) is 0.429. The van der Waals surface area contributed by atoms with Crippen molar-refractivity contribution in [2.24, 2.45) is 0 Å². The number of carbonyl (C=O) groups excluding carboxylic acids is 2. The van der Waals surface area contributed by atoms with Gasteiger partial charge in [-0.2, -0.15) is 0 Å². The van der Waals surface area contributed by atoms with Crippen molar-refractivity contribution in [2.75, 3.05) is 18.4 Å². The van der Waals surface area contributed by atoms with E-state index in [1.807, 2.05) is 24.3 Å². The molecule has 1 fully saturated rings. The predicted molar refractivity (Wildman–Crippen MR) is 86.6 cm³/mol. The largest absolute Gasteiger partial charge is 0.352 e. The number of nitrogens with zero attached hydrogens (tertiary/aromatic N) is 1. The summed E-state index contributed by atoms with van der Waals surface area (Å²) in [7, 11) is 0. The molecule has 1 aromatic rings. The van der Waals surface area contributed by atoms with Gasteiger partial charge in [-0.15, -0.1) is 0 Å². The molecule has 1 atom stereocenters. The van der Waals surface area contributed by atoms with Crippen LogP contribution in [0.3, 0.4) is 0 Å². The summed E-state index contributed by atoms with van der Waals surface area (Å²) < 4.78 is 1.08. The quantitative estimate of drug-likeness (QED) is 0.766. The van der Waals surface area contributed by atoms with Crippen LogP contribution in [0.25, 0.3) is 0 Å². The monoisotopic (exact) mass is 387 g/mol. The second-order valence-corrected chi connectivity index (χ2v) is 6.17. The molecule has 0 saturated carbocycles. The van der Waals surface area contributed by atoms with Crippen LogP contribution in [-0.4, -0.2) is 36.0 Å². The minimum Gasteiger partial charge on any atom is -0.352 e. The number of rotatable bonds is 2. The maximum Gasteiger partial charge on any atom is 0.321 e. The minimum atomic E-state index is -0.109. The topological polar surface area (TPSA) is 61.4 Å². The average Bonchev–Trinajstić information content (AvgIpc) is 2.38. The Balaban J connectivity index is 1.93. The van der Waals surface area contributed by atoms with E-state index in [0.717, 1.165) is 28.6 Å². The van der Waals surface area contributed by atoms with E-state index >= 15 is 0 Å². The predicted octanol–water partition coefficient (Wildman–Crippen LogP) is 2.42. The molecule has 0 radical (unpaired) electrons. The van der Waals surface area contributed by atoms with E-state index in [2.05, 4.69) is 33.2 Å². The molecule has 5 nitrogen and oxygen atoms in total. The van der Waals surface area contributed by atoms with Crippen LogP contribution < -0.4 is 10.6 Å². The van der Waals surface area contributed by atoms with Gasteiger partial charge in [-0.25, -0.2) is 4.79 Å². The van der Waals surface area contributed by atoms with E-state index in [1.165, 1.54) is 6.92 Å². The number of likely N-dealkylation sites (tertiary alicyclic amines) is 1. The first-order chi connectivity index (χ1) is 9.54. The van der Waals surface area contributed by atoms with Crippen molar-refractivity contribution in [3.63, 3.8) is 0 Å². The first-order valence-corrected chi connectivity index (χ1v) is 7.71. The lowest BCUT2D eigenvalue weighted by Crippen LogP contribution is -2.50. The summed E-state index contributed by atoms with van der Waals surface area (Å²) in [6, 6.07) is 7.63. The van der Waals surface area contributed by atoms with Crippen LogP contribution in [0.2, 0.25) is 0 Å². The number of benzene rings is 1. The van der Waals surface area contributed by atoms with Gasteiger partial charge in [-0.3, -0.25) is 4.79 Å². The van der Waals surface area contributed by atoms with Crippen molar-refractivity contribution < 1.29 is 9.59 Å². The van der Waals surface area contributed by atoms with Crippen LogP contribution >= 0.6 is 22.6 Å². The summed E-state index contributed by atoms with van der Waals surface area (Å²) in [5, 5.41) is 5.77. The van der Waals surface area contributed by atoms with Gasteiger partial charge in [0.1, 0.15) is 0 Å². The van der Waals surface area contributed by atoms with Gasteiger partial charge in [0.15, 0.2) is 0 Å². The highest BCUT2D eigenvalue weighted by Crippen LogP contribution is 2.15. The van der Waals surface area contributed by atoms with Crippen molar-refractivity contribution in [1.82, 2.24) is 10.2 Å². The molecule has 6 heteroatoms. The van der Waals surface area contributed by atoms with E-state index < -0.39 is 0 Å². The number of hydrogen-bond donors (Lipinski definition) is 2. The summed E-state index contributed by atoms with van der Waals surface area (Å²) in [6.07, 6.45) is 1.83. The Morgan fingerprint density at radius 3 is 2.90 bits per heavy atom. The molecule has 20 heavy (non-hydrogen) atoms. The molecule has 2 N–H and O–H groups in total. The first-order valence-electron chi connectivity index (χ1n) is 6.63. The third-order valence-electron chi connectivity index (χ3n) is 3.19. The fourth-order valence-electron chi connectivity index (χ4n) is 2.34. The Kier molecular flexibility index (Phi) is 5.22. The summed E-state index contributed by atoms with van der Waals surface area (Å²) >= 11 is 2.21. The first kappa shape index (κ1) is 15.1. The van der Waals surface area contributed by atoms with E-state index in [0.29, 0.717) is 6.54 Å². The highest BCUT2D eigenvalue weighted by atomic mass is 127. The molecular weight excluding hydrogens is 369 g/mol. The Labute approximate surface area is 132 Å². The third kappa shape index (κ3) is 4.36. The van der Waals surface area contributed by atoms with Gasteiger partial charge < -0.3 is 15.5 Å². The maximum absolute atomic E-state index is 12.2. The number of piperidine rings is 1. The lowest BCUT2D eigenvalue weighted by atomic mass is 10.1. The Morgan fingerprint density at radius 1 is 1.40 bits per heavy atom. The zero-order chi connectivity index (χ0) is 14.5. The summed E-state index contributed by atoms with van der Waals surface area (Å²) in [5.41, 5.74) is 0.795. The average molecular weight is 387 g/mol. The fourth-order valence-corrected chi connectivity index (χ4v) is 2.88. The van der Waals surface area contributed by atoms with Gasteiger partial charge in [0, 0.05) is 35.3 Å². The normalized spacial score (nSPS) is 18.5. The van der Waals surface area contributed by atoms with E-state index in [-0.39, 0.29) is 18.0 Å².